The number of benzene rings is 1. The van der Waals surface area contributed by atoms with Gasteiger partial charge in [-0.1, -0.05) is 29.8 Å². The second kappa shape index (κ2) is 6.20. The maximum Gasteiger partial charge on any atom is 0.284 e. The van der Waals surface area contributed by atoms with Crippen LogP contribution in [0.2, 0.25) is 5.02 Å². The summed E-state index contributed by atoms with van der Waals surface area (Å²) in [6, 6.07) is 11.3. The van der Waals surface area contributed by atoms with E-state index in [1.165, 1.54) is 6.33 Å². The van der Waals surface area contributed by atoms with Crippen LogP contribution >= 0.6 is 11.6 Å². The van der Waals surface area contributed by atoms with E-state index in [1.807, 2.05) is 30.3 Å². The van der Waals surface area contributed by atoms with E-state index in [0.29, 0.717) is 22.0 Å². The van der Waals surface area contributed by atoms with Gasteiger partial charge in [0.05, 0.1) is 17.0 Å². The molecule has 5 aromatic rings. The predicted molar refractivity (Wildman–Crippen MR) is 124 cm³/mol. The second-order valence-corrected chi connectivity index (χ2v) is 9.40. The van der Waals surface area contributed by atoms with E-state index in [4.69, 9.17) is 16.7 Å². The lowest BCUT2D eigenvalue weighted by Crippen LogP contribution is -2.67. The monoisotopic (exact) mass is 458 g/mol. The summed E-state index contributed by atoms with van der Waals surface area (Å²) in [7, 11) is 0. The van der Waals surface area contributed by atoms with Crippen molar-refractivity contribution in [2.45, 2.75) is 25.3 Å². The Morgan fingerprint density at radius 3 is 2.70 bits per heavy atom. The van der Waals surface area contributed by atoms with Gasteiger partial charge in [0.1, 0.15) is 22.9 Å². The number of H-pyrrole nitrogens is 1. The Labute approximate surface area is 192 Å². The summed E-state index contributed by atoms with van der Waals surface area (Å²) in [6.45, 7) is 2.98. The van der Waals surface area contributed by atoms with Gasteiger partial charge >= 0.3 is 0 Å². The van der Waals surface area contributed by atoms with Crippen LogP contribution in [0.3, 0.4) is 0 Å². The molecule has 1 saturated heterocycles. The molecule has 0 radical (unpaired) electrons. The van der Waals surface area contributed by atoms with Crippen LogP contribution in [0.15, 0.2) is 60.0 Å². The minimum atomic E-state index is -0.570. The van der Waals surface area contributed by atoms with Gasteiger partial charge in [0.15, 0.2) is 17.3 Å². The first kappa shape index (κ1) is 18.8. The van der Waals surface area contributed by atoms with Crippen molar-refractivity contribution < 1.29 is 0 Å². The number of nitrogens with zero attached hydrogens (tertiary/aromatic N) is 7. The topological polar surface area (TPSA) is 97.0 Å². The first-order chi connectivity index (χ1) is 16.0. The standard InChI is InChI=1S/C23H19ClN8O/c1-22(23(8-9-23)11-30(22)19-16-18(26-12-25-16)27-13-28-19)21-29-31-10-7-15(24)17(31)20(33)32(21)14-5-3-2-4-6-14/h2-7,10,12-13H,8-9,11H2,1H3,(H,25,26,27,28)/t22-/m1/s1. The smallest absolute Gasteiger partial charge is 0.284 e. The molecule has 1 saturated carbocycles. The number of nitrogens with one attached hydrogen (secondary N) is 1. The van der Waals surface area contributed by atoms with Crippen LogP contribution in [-0.4, -0.2) is 40.7 Å². The van der Waals surface area contributed by atoms with Gasteiger partial charge < -0.3 is 9.88 Å². The van der Waals surface area contributed by atoms with Gasteiger partial charge in [0.25, 0.3) is 5.56 Å². The van der Waals surface area contributed by atoms with E-state index < -0.39 is 5.54 Å². The van der Waals surface area contributed by atoms with Gasteiger partial charge in [-0.05, 0) is 38.0 Å². The Morgan fingerprint density at radius 1 is 1.09 bits per heavy atom. The highest BCUT2D eigenvalue weighted by molar-refractivity contribution is 6.33. The van der Waals surface area contributed by atoms with E-state index >= 15 is 0 Å². The number of aromatic amines is 1. The summed E-state index contributed by atoms with van der Waals surface area (Å²) in [4.78, 5) is 32.4. The van der Waals surface area contributed by atoms with Crippen molar-refractivity contribution in [1.82, 2.24) is 34.1 Å². The molecule has 4 aromatic heterocycles. The van der Waals surface area contributed by atoms with E-state index in [9.17, 15) is 4.79 Å². The Kier molecular flexibility index (Phi) is 3.53. The Balaban J connectivity index is 1.54. The van der Waals surface area contributed by atoms with Crippen molar-refractivity contribution in [3.63, 3.8) is 0 Å². The van der Waals surface area contributed by atoms with Crippen molar-refractivity contribution in [3.8, 4) is 5.69 Å². The molecule has 1 atom stereocenters. The molecular weight excluding hydrogens is 440 g/mol. The van der Waals surface area contributed by atoms with Crippen LogP contribution in [0.4, 0.5) is 5.82 Å². The Morgan fingerprint density at radius 2 is 1.91 bits per heavy atom. The fourth-order valence-corrected chi connectivity index (χ4v) is 5.59. The number of fused-ring (bicyclic) bond motifs is 2. The van der Waals surface area contributed by atoms with Crippen molar-refractivity contribution in [1.29, 1.82) is 0 Å². The van der Waals surface area contributed by atoms with Crippen molar-refractivity contribution >= 4 is 34.1 Å². The maximum absolute atomic E-state index is 13.8. The number of imidazole rings is 1. The zero-order chi connectivity index (χ0) is 22.4. The molecule has 164 valence electrons. The Hall–Kier alpha value is -3.72. The quantitative estimate of drug-likeness (QED) is 0.445. The summed E-state index contributed by atoms with van der Waals surface area (Å²) < 4.78 is 3.31. The van der Waals surface area contributed by atoms with Crippen molar-refractivity contribution in [3.05, 3.63) is 76.5 Å². The van der Waals surface area contributed by atoms with Gasteiger partial charge in [0, 0.05) is 18.2 Å². The third-order valence-electron chi connectivity index (χ3n) is 7.43. The zero-order valence-electron chi connectivity index (χ0n) is 17.7. The molecular formula is C23H19ClN8O. The summed E-state index contributed by atoms with van der Waals surface area (Å²) in [5, 5.41) is 5.38. The van der Waals surface area contributed by atoms with Gasteiger partial charge in [0.2, 0.25) is 0 Å². The molecule has 1 aromatic carbocycles. The molecule has 2 fully saturated rings. The van der Waals surface area contributed by atoms with E-state index in [-0.39, 0.29) is 11.0 Å². The maximum atomic E-state index is 13.8. The minimum Gasteiger partial charge on any atom is -0.341 e. The highest BCUT2D eigenvalue weighted by atomic mass is 35.5. The van der Waals surface area contributed by atoms with Crippen LogP contribution in [0.1, 0.15) is 25.6 Å². The molecule has 1 aliphatic carbocycles. The molecule has 1 aliphatic heterocycles. The van der Waals surface area contributed by atoms with Gasteiger partial charge in [-0.2, -0.15) is 5.10 Å². The van der Waals surface area contributed by atoms with E-state index in [0.717, 1.165) is 36.4 Å². The first-order valence-corrected chi connectivity index (χ1v) is 11.2. The third-order valence-corrected chi connectivity index (χ3v) is 7.74. The summed E-state index contributed by atoms with van der Waals surface area (Å²) in [5.74, 6) is 1.42. The average Bonchev–Trinajstić information content (AvgIpc) is 3.36. The second-order valence-electron chi connectivity index (χ2n) is 8.99. The fourth-order valence-electron chi connectivity index (χ4n) is 5.37. The first-order valence-electron chi connectivity index (χ1n) is 10.8. The van der Waals surface area contributed by atoms with Crippen LogP contribution in [0.25, 0.3) is 22.4 Å². The van der Waals surface area contributed by atoms with E-state index in [1.54, 1.807) is 27.7 Å². The molecule has 1 N–H and O–H groups in total. The molecule has 5 heterocycles. The molecule has 1 spiro atoms. The van der Waals surface area contributed by atoms with Crippen LogP contribution in [-0.2, 0) is 5.54 Å². The minimum absolute atomic E-state index is 0.0187. The fraction of sp³-hybridized carbons (Fsp3) is 0.261. The number of anilines is 1. The zero-order valence-corrected chi connectivity index (χ0v) is 18.5. The molecule has 10 heteroatoms. The molecule has 9 nitrogen and oxygen atoms in total. The third kappa shape index (κ3) is 2.29. The number of hydrogen-bond acceptors (Lipinski definition) is 6. The SMILES string of the molecule is C[C@]1(c2nn3ccc(Cl)c3c(=O)n2-c2ccccc2)N(c2ncnc3nc[nH]c23)CC12CC2. The summed E-state index contributed by atoms with van der Waals surface area (Å²) in [5.41, 5.74) is 1.76. The van der Waals surface area contributed by atoms with Crippen molar-refractivity contribution in [2.75, 3.05) is 11.4 Å². The summed E-state index contributed by atoms with van der Waals surface area (Å²) in [6.07, 6.45) is 7.02. The Bertz CT molecular complexity index is 1620. The lowest BCUT2D eigenvalue weighted by molar-refractivity contribution is 0.133. The number of para-hydroxylation sites is 1. The highest BCUT2D eigenvalue weighted by Gasteiger charge is 2.71. The lowest BCUT2D eigenvalue weighted by Gasteiger charge is -2.58. The average molecular weight is 459 g/mol. The van der Waals surface area contributed by atoms with Gasteiger partial charge in [-0.15, -0.1) is 0 Å². The molecule has 0 unspecified atom stereocenters. The largest absolute Gasteiger partial charge is 0.341 e. The molecule has 2 aliphatic rings. The molecule has 33 heavy (non-hydrogen) atoms. The normalized spacial score (nSPS) is 21.1. The number of halogens is 1. The lowest BCUT2D eigenvalue weighted by atomic mass is 9.71. The summed E-state index contributed by atoms with van der Waals surface area (Å²) >= 11 is 6.38. The number of rotatable bonds is 3. The van der Waals surface area contributed by atoms with E-state index in [2.05, 4.69) is 31.8 Å². The van der Waals surface area contributed by atoms with Crippen LogP contribution in [0.5, 0.6) is 0 Å². The van der Waals surface area contributed by atoms with Gasteiger partial charge in [-0.25, -0.2) is 19.5 Å². The van der Waals surface area contributed by atoms with Crippen LogP contribution < -0.4 is 10.5 Å². The predicted octanol–water partition coefficient (Wildman–Crippen LogP) is 3.32. The molecule has 0 amide bonds. The number of aromatic nitrogens is 7. The molecule has 0 bridgehead atoms. The number of hydrogen-bond donors (Lipinski definition) is 1. The van der Waals surface area contributed by atoms with Gasteiger partial charge in [-0.3, -0.25) is 9.36 Å². The van der Waals surface area contributed by atoms with Crippen molar-refractivity contribution in [2.24, 2.45) is 5.41 Å². The van der Waals surface area contributed by atoms with Crippen LogP contribution in [0, 0.1) is 5.41 Å². The molecule has 7 rings (SSSR count). The highest BCUT2D eigenvalue weighted by Crippen LogP contribution is 2.68.